The second-order valence-corrected chi connectivity index (χ2v) is 17.4. The lowest BCUT2D eigenvalue weighted by molar-refractivity contribution is -0.144. The third kappa shape index (κ3) is 11.9. The van der Waals surface area contributed by atoms with Gasteiger partial charge in [0.1, 0.15) is 29.9 Å². The van der Waals surface area contributed by atoms with Gasteiger partial charge in [-0.15, -0.1) is 10.2 Å². The molecule has 3 aliphatic heterocycles. The number of amides is 4. The first-order valence-electron chi connectivity index (χ1n) is 22.5. The van der Waals surface area contributed by atoms with Gasteiger partial charge in [0.25, 0.3) is 0 Å². The molecule has 3 aliphatic rings. The van der Waals surface area contributed by atoms with Crippen molar-refractivity contribution in [2.75, 3.05) is 20.2 Å². The van der Waals surface area contributed by atoms with Gasteiger partial charge in [0.2, 0.25) is 23.6 Å². The summed E-state index contributed by atoms with van der Waals surface area (Å²) in [7, 11) is 1.65. The summed E-state index contributed by atoms with van der Waals surface area (Å²) in [5.41, 5.74) is 3.04. The number of nitrogens with one attached hydrogen (secondary N) is 4. The number of likely N-dealkylation sites (tertiary alicyclic amines) is 1. The molecule has 1 saturated heterocycles. The van der Waals surface area contributed by atoms with Crippen molar-refractivity contribution < 1.29 is 33.8 Å². The van der Waals surface area contributed by atoms with Crippen LogP contribution in [0.25, 0.3) is 10.8 Å². The van der Waals surface area contributed by atoms with Gasteiger partial charge in [0, 0.05) is 51.2 Å². The largest absolute Gasteiger partial charge is 0.494 e. The van der Waals surface area contributed by atoms with Crippen LogP contribution in [-0.2, 0) is 56.2 Å². The molecule has 4 amide bonds. The van der Waals surface area contributed by atoms with Crippen molar-refractivity contribution in [1.29, 1.82) is 0 Å². The number of carboxylic acid groups (broad SMARTS) is 1. The number of carbonyl (C=O) groups excluding carboxylic acids is 4. The van der Waals surface area contributed by atoms with E-state index in [0.29, 0.717) is 37.3 Å². The maximum atomic E-state index is 14.8. The number of likely N-dealkylation sites (N-methyl/N-ethyl adjacent to an activating group) is 1. The maximum absolute atomic E-state index is 14.8. The fraction of sp³-hybridized carbons (Fsp3) is 0.468. The zero-order chi connectivity index (χ0) is 46.0. The van der Waals surface area contributed by atoms with Gasteiger partial charge in [-0.1, -0.05) is 78.9 Å². The number of aryl methyl sites for hydroxylation is 3. The van der Waals surface area contributed by atoms with Crippen LogP contribution >= 0.6 is 0 Å². The van der Waals surface area contributed by atoms with Gasteiger partial charge in [-0.05, 0) is 79.6 Å². The molecule has 5 heterocycles. The number of benzene rings is 3. The Hall–Kier alpha value is -6.69. The average molecular weight is 890 g/mol. The molecule has 5 N–H and O–H groups in total. The highest BCUT2D eigenvalue weighted by atomic mass is 16.5. The van der Waals surface area contributed by atoms with Gasteiger partial charge in [-0.3, -0.25) is 23.9 Å². The van der Waals surface area contributed by atoms with E-state index in [1.807, 2.05) is 68.7 Å². The molecule has 5 aromatic rings. The highest BCUT2D eigenvalue weighted by Gasteiger charge is 2.45. The molecule has 1 fully saturated rings. The highest BCUT2D eigenvalue weighted by Crippen LogP contribution is 2.30. The molecule has 0 spiro atoms. The molecular weight excluding hydrogens is 831 g/mol. The first kappa shape index (κ1) is 46.3. The topological polar surface area (TPSA) is 228 Å². The second kappa shape index (κ2) is 21.3. The van der Waals surface area contributed by atoms with E-state index < -0.39 is 59.9 Å². The summed E-state index contributed by atoms with van der Waals surface area (Å²) in [6.45, 7) is 6.48. The van der Waals surface area contributed by atoms with E-state index in [1.165, 1.54) is 4.90 Å². The Morgan fingerprint density at radius 1 is 0.877 bits per heavy atom. The van der Waals surface area contributed by atoms with Crippen LogP contribution in [0, 0.1) is 5.92 Å². The number of fused-ring (bicyclic) bond motifs is 15. The standard InChI is InChI=1S/C47H59N11O7/c1-29(2)42(51-43(59)30(3)48-4)46(62)57-28-37-25-41(57)45(61)49-39(24-32-14-17-33-10-5-6-11-34(33)22-32)44(60)50-40(47(63)64)23-31-15-18-38(19-16-31)65-21-9-20-56-26-35(52-54-56)12-7-8-13-36-27-58(37)55-53-36/h5-6,10-11,14-19,22,26-27,29-30,37,39-42,48H,7-9,12-13,20-21,23-25,28H2,1-4H3,(H,49,61)(H,50,60)(H,51,59)(H,63,64)/t30-,37-,39-,40-,41-,42-/m0/s1. The van der Waals surface area contributed by atoms with E-state index in [1.54, 1.807) is 47.6 Å². The molecular formula is C47H59N11O7. The van der Waals surface area contributed by atoms with Crippen LogP contribution in [0.15, 0.2) is 79.1 Å². The molecule has 0 aliphatic carbocycles. The van der Waals surface area contributed by atoms with E-state index >= 15 is 0 Å². The summed E-state index contributed by atoms with van der Waals surface area (Å²) in [6.07, 6.45) is 7.69. The van der Waals surface area contributed by atoms with Crippen molar-refractivity contribution in [3.05, 3.63) is 102 Å². The van der Waals surface area contributed by atoms with Crippen LogP contribution in [0.2, 0.25) is 0 Å². The SMILES string of the molecule is CN[C@@H](C)C(=O)N[C@H](C(=O)N1C[C@@H]2C[C@H]1C(=O)N[C@@H](Cc1ccc3ccccc3c1)C(=O)N[C@H](C(=O)O)Cc1ccc(cc1)OCCCn1cc(nn1)CCCCc1cn2nn1)C(C)C. The lowest BCUT2D eigenvalue weighted by Crippen LogP contribution is -2.59. The number of hydrogen-bond acceptors (Lipinski definition) is 11. The fourth-order valence-corrected chi connectivity index (χ4v) is 8.31. The molecule has 18 heteroatoms. The van der Waals surface area contributed by atoms with E-state index in [4.69, 9.17) is 4.74 Å². The number of ether oxygens (including phenoxy) is 1. The summed E-state index contributed by atoms with van der Waals surface area (Å²) in [5.74, 6) is -3.10. The Kier molecular flexibility index (Phi) is 15.2. The summed E-state index contributed by atoms with van der Waals surface area (Å²) >= 11 is 0. The summed E-state index contributed by atoms with van der Waals surface area (Å²) in [6, 6.07) is 14.9. The van der Waals surface area contributed by atoms with E-state index in [9.17, 15) is 29.1 Å². The highest BCUT2D eigenvalue weighted by molar-refractivity contribution is 5.96. The molecule has 8 rings (SSSR count). The van der Waals surface area contributed by atoms with Gasteiger partial charge in [-0.2, -0.15) is 0 Å². The minimum atomic E-state index is -1.34. The molecule has 344 valence electrons. The minimum absolute atomic E-state index is 0.0289. The lowest BCUT2D eigenvalue weighted by Gasteiger charge is -2.32. The number of carboxylic acids is 1. The number of aromatic nitrogens is 6. The van der Waals surface area contributed by atoms with Crippen LogP contribution in [0.4, 0.5) is 0 Å². The Morgan fingerprint density at radius 3 is 2.32 bits per heavy atom. The Labute approximate surface area is 377 Å². The molecule has 0 saturated carbocycles. The Morgan fingerprint density at radius 2 is 1.60 bits per heavy atom. The van der Waals surface area contributed by atoms with Gasteiger partial charge < -0.3 is 36.0 Å². The van der Waals surface area contributed by atoms with Crippen molar-refractivity contribution in [1.82, 2.24) is 56.2 Å². The Bertz CT molecular complexity index is 2450. The Balaban J connectivity index is 1.20. The molecule has 8 bridgehead atoms. The number of carbonyl (C=O) groups is 5. The summed E-state index contributed by atoms with van der Waals surface area (Å²) in [5, 5.41) is 41.2. The maximum Gasteiger partial charge on any atom is 0.326 e. The van der Waals surface area contributed by atoms with Crippen LogP contribution < -0.4 is 26.0 Å². The van der Waals surface area contributed by atoms with Crippen molar-refractivity contribution in [3.8, 4) is 5.75 Å². The molecule has 65 heavy (non-hydrogen) atoms. The van der Waals surface area contributed by atoms with E-state index in [-0.39, 0.29) is 37.6 Å². The van der Waals surface area contributed by atoms with E-state index in [0.717, 1.165) is 47.0 Å². The van der Waals surface area contributed by atoms with Crippen LogP contribution in [0.3, 0.4) is 0 Å². The molecule has 18 nitrogen and oxygen atoms in total. The summed E-state index contributed by atoms with van der Waals surface area (Å²) < 4.78 is 9.44. The fourth-order valence-electron chi connectivity index (χ4n) is 8.31. The smallest absolute Gasteiger partial charge is 0.326 e. The molecule has 2 aromatic heterocycles. The van der Waals surface area contributed by atoms with Crippen molar-refractivity contribution >= 4 is 40.4 Å². The van der Waals surface area contributed by atoms with Crippen LogP contribution in [0.1, 0.15) is 75.0 Å². The van der Waals surface area contributed by atoms with Crippen LogP contribution in [0.5, 0.6) is 5.75 Å². The zero-order valence-corrected chi connectivity index (χ0v) is 37.4. The normalized spacial score (nSPS) is 21.1. The van der Waals surface area contributed by atoms with Crippen molar-refractivity contribution in [2.45, 2.75) is 115 Å². The van der Waals surface area contributed by atoms with Gasteiger partial charge in [0.05, 0.1) is 30.1 Å². The first-order valence-corrected chi connectivity index (χ1v) is 22.5. The van der Waals surface area contributed by atoms with Crippen molar-refractivity contribution in [3.63, 3.8) is 0 Å². The first-order chi connectivity index (χ1) is 31.3. The monoisotopic (exact) mass is 889 g/mol. The quantitative estimate of drug-likeness (QED) is 0.152. The number of nitrogens with zero attached hydrogens (tertiary/aromatic N) is 7. The molecule has 3 aromatic carbocycles. The van der Waals surface area contributed by atoms with Crippen LogP contribution in [-0.4, -0.2) is 120 Å². The van der Waals surface area contributed by atoms with Gasteiger partial charge >= 0.3 is 5.97 Å². The average Bonchev–Trinajstić information content (AvgIpc) is 4.08. The predicted octanol–water partition coefficient (Wildman–Crippen LogP) is 2.80. The van der Waals surface area contributed by atoms with Gasteiger partial charge in [-0.25, -0.2) is 9.48 Å². The summed E-state index contributed by atoms with van der Waals surface area (Å²) in [4.78, 5) is 71.1. The van der Waals surface area contributed by atoms with Crippen molar-refractivity contribution in [2.24, 2.45) is 5.92 Å². The lowest BCUT2D eigenvalue weighted by atomic mass is 9.99. The third-order valence-electron chi connectivity index (χ3n) is 12.2. The van der Waals surface area contributed by atoms with Gasteiger partial charge in [0.15, 0.2) is 0 Å². The molecule has 6 atom stereocenters. The minimum Gasteiger partial charge on any atom is -0.494 e. The number of hydrogen-bond donors (Lipinski definition) is 5. The van der Waals surface area contributed by atoms with E-state index in [2.05, 4.69) is 41.9 Å². The zero-order valence-electron chi connectivity index (χ0n) is 37.4. The number of rotatable bonds is 8. The third-order valence-corrected chi connectivity index (χ3v) is 12.2. The molecule has 0 unspecified atom stereocenters. The number of aliphatic carboxylic acids is 1. The predicted molar refractivity (Wildman–Crippen MR) is 241 cm³/mol. The molecule has 0 radical (unpaired) electrons. The second-order valence-electron chi connectivity index (χ2n) is 17.4.